The molecule has 90 valence electrons. The van der Waals surface area contributed by atoms with Crippen molar-refractivity contribution in [3.8, 4) is 0 Å². The van der Waals surface area contributed by atoms with Gasteiger partial charge in [-0.1, -0.05) is 32.9 Å². The van der Waals surface area contributed by atoms with Gasteiger partial charge >= 0.3 is 0 Å². The van der Waals surface area contributed by atoms with Gasteiger partial charge in [0.2, 0.25) is 0 Å². The summed E-state index contributed by atoms with van der Waals surface area (Å²) < 4.78 is 12.7. The molecule has 2 heteroatoms. The highest BCUT2D eigenvalue weighted by atomic mass is 19.1. The van der Waals surface area contributed by atoms with Crippen LogP contribution in [0.3, 0.4) is 0 Å². The van der Waals surface area contributed by atoms with Crippen molar-refractivity contribution < 1.29 is 9.50 Å². The molecule has 0 fully saturated rings. The fraction of sp³-hybridized carbons (Fsp3) is 0.571. The average Bonchev–Trinajstić information content (AvgIpc) is 2.19. The van der Waals surface area contributed by atoms with E-state index in [0.29, 0.717) is 0 Å². The van der Waals surface area contributed by atoms with Crippen LogP contribution in [0.15, 0.2) is 24.3 Å². The summed E-state index contributed by atoms with van der Waals surface area (Å²) in [5, 5.41) is 9.85. The Balaban J connectivity index is 2.33. The smallest absolute Gasteiger partial charge is 0.123 e. The minimum absolute atomic E-state index is 0.0528. The summed E-state index contributed by atoms with van der Waals surface area (Å²) in [7, 11) is 0. The molecule has 1 aromatic carbocycles. The van der Waals surface area contributed by atoms with Crippen molar-refractivity contribution in [3.63, 3.8) is 0 Å². The first-order chi connectivity index (χ1) is 7.39. The number of aliphatic hydroxyl groups is 1. The van der Waals surface area contributed by atoms with Crippen molar-refractivity contribution in [2.75, 3.05) is 0 Å². The zero-order valence-corrected chi connectivity index (χ0v) is 10.3. The van der Waals surface area contributed by atoms with E-state index < -0.39 is 0 Å². The summed E-state index contributed by atoms with van der Waals surface area (Å²) in [6.45, 7) is 6.11. The Morgan fingerprint density at radius 2 is 1.75 bits per heavy atom. The van der Waals surface area contributed by atoms with Gasteiger partial charge in [0, 0.05) is 0 Å². The van der Waals surface area contributed by atoms with E-state index >= 15 is 0 Å². The van der Waals surface area contributed by atoms with Crippen LogP contribution in [0.4, 0.5) is 4.39 Å². The van der Waals surface area contributed by atoms with Gasteiger partial charge < -0.3 is 5.11 Å². The minimum atomic E-state index is -0.270. The minimum Gasteiger partial charge on any atom is -0.393 e. The summed E-state index contributed by atoms with van der Waals surface area (Å²) in [4.78, 5) is 0. The van der Waals surface area contributed by atoms with Crippen molar-refractivity contribution in [1.82, 2.24) is 0 Å². The molecule has 1 rings (SSSR count). The Bertz CT molecular complexity index is 311. The van der Waals surface area contributed by atoms with Crippen molar-refractivity contribution >= 4 is 0 Å². The summed E-state index contributed by atoms with van der Waals surface area (Å²) in [6, 6.07) is 6.57. The second kappa shape index (κ2) is 5.44. The van der Waals surface area contributed by atoms with E-state index in [0.717, 1.165) is 24.8 Å². The molecular formula is C14H21FO. The van der Waals surface area contributed by atoms with Crippen molar-refractivity contribution in [1.29, 1.82) is 0 Å². The monoisotopic (exact) mass is 224 g/mol. The molecule has 1 atom stereocenters. The molecule has 0 aromatic heterocycles. The highest BCUT2D eigenvalue weighted by Crippen LogP contribution is 2.23. The maximum Gasteiger partial charge on any atom is 0.123 e. The predicted molar refractivity (Wildman–Crippen MR) is 64.8 cm³/mol. The van der Waals surface area contributed by atoms with E-state index in [2.05, 4.69) is 0 Å². The number of aryl methyl sites for hydroxylation is 1. The van der Waals surface area contributed by atoms with Crippen LogP contribution in [-0.4, -0.2) is 11.2 Å². The molecule has 1 aromatic rings. The van der Waals surface area contributed by atoms with Gasteiger partial charge in [0.25, 0.3) is 0 Å². The Morgan fingerprint density at radius 3 is 2.25 bits per heavy atom. The van der Waals surface area contributed by atoms with Crippen LogP contribution in [0.25, 0.3) is 0 Å². The van der Waals surface area contributed by atoms with Crippen LogP contribution in [0.5, 0.6) is 0 Å². The van der Waals surface area contributed by atoms with Crippen LogP contribution in [0, 0.1) is 11.2 Å². The third-order valence-electron chi connectivity index (χ3n) is 2.86. The normalized spacial score (nSPS) is 13.8. The molecule has 1 N–H and O–H groups in total. The maximum absolute atomic E-state index is 12.7. The Hall–Kier alpha value is -0.890. The molecule has 0 amide bonds. The van der Waals surface area contributed by atoms with Gasteiger partial charge in [-0.05, 0) is 42.4 Å². The van der Waals surface area contributed by atoms with Crippen LogP contribution in [-0.2, 0) is 6.42 Å². The molecule has 0 saturated carbocycles. The van der Waals surface area contributed by atoms with E-state index in [-0.39, 0.29) is 17.3 Å². The number of halogens is 1. The van der Waals surface area contributed by atoms with E-state index in [1.54, 1.807) is 12.1 Å². The van der Waals surface area contributed by atoms with Crippen molar-refractivity contribution in [2.45, 2.75) is 46.1 Å². The zero-order chi connectivity index (χ0) is 12.2. The lowest BCUT2D eigenvalue weighted by molar-refractivity contribution is 0.0540. The molecule has 0 saturated heterocycles. The predicted octanol–water partition coefficient (Wildman–Crippen LogP) is 3.56. The number of hydrogen-bond acceptors (Lipinski definition) is 1. The SMILES string of the molecule is CC(C)(C)C(O)CCCc1ccc(F)cc1. The second-order valence-corrected chi connectivity index (χ2v) is 5.40. The van der Waals surface area contributed by atoms with Crippen LogP contribution < -0.4 is 0 Å². The second-order valence-electron chi connectivity index (χ2n) is 5.40. The highest BCUT2D eigenvalue weighted by Gasteiger charge is 2.21. The first kappa shape index (κ1) is 13.2. The summed E-state index contributed by atoms with van der Waals surface area (Å²) in [5.41, 5.74) is 1.07. The Kier molecular flexibility index (Phi) is 4.48. The lowest BCUT2D eigenvalue weighted by Gasteiger charge is -2.25. The van der Waals surface area contributed by atoms with Crippen molar-refractivity contribution in [2.24, 2.45) is 5.41 Å². The Morgan fingerprint density at radius 1 is 1.19 bits per heavy atom. The topological polar surface area (TPSA) is 20.2 Å². The van der Waals surface area contributed by atoms with Gasteiger partial charge in [-0.2, -0.15) is 0 Å². The molecular weight excluding hydrogens is 203 g/mol. The molecule has 16 heavy (non-hydrogen) atoms. The van der Waals surface area contributed by atoms with E-state index in [1.165, 1.54) is 12.1 Å². The molecule has 1 unspecified atom stereocenters. The molecule has 0 bridgehead atoms. The number of aliphatic hydroxyl groups excluding tert-OH is 1. The molecule has 0 aliphatic heterocycles. The van der Waals surface area contributed by atoms with Gasteiger partial charge in [0.15, 0.2) is 0 Å². The van der Waals surface area contributed by atoms with Gasteiger partial charge in [-0.25, -0.2) is 4.39 Å². The first-order valence-corrected chi connectivity index (χ1v) is 5.82. The molecule has 1 nitrogen and oxygen atoms in total. The summed E-state index contributed by atoms with van der Waals surface area (Å²) in [6.07, 6.45) is 2.35. The lowest BCUT2D eigenvalue weighted by atomic mass is 9.86. The molecule has 0 heterocycles. The third kappa shape index (κ3) is 4.31. The van der Waals surface area contributed by atoms with Crippen LogP contribution in [0.2, 0.25) is 0 Å². The van der Waals surface area contributed by atoms with Gasteiger partial charge in [0.05, 0.1) is 6.10 Å². The van der Waals surface area contributed by atoms with E-state index in [4.69, 9.17) is 0 Å². The summed E-state index contributed by atoms with van der Waals surface area (Å²) in [5.74, 6) is -0.196. The van der Waals surface area contributed by atoms with Crippen LogP contribution >= 0.6 is 0 Å². The van der Waals surface area contributed by atoms with Crippen molar-refractivity contribution in [3.05, 3.63) is 35.6 Å². The molecule has 0 radical (unpaired) electrons. The molecule has 0 aliphatic carbocycles. The number of benzene rings is 1. The zero-order valence-electron chi connectivity index (χ0n) is 10.3. The standard InChI is InChI=1S/C14H21FO/c1-14(2,3)13(16)6-4-5-11-7-9-12(15)10-8-11/h7-10,13,16H,4-6H2,1-3H3. The third-order valence-corrected chi connectivity index (χ3v) is 2.86. The largest absolute Gasteiger partial charge is 0.393 e. The van der Waals surface area contributed by atoms with E-state index in [1.807, 2.05) is 20.8 Å². The van der Waals surface area contributed by atoms with Gasteiger partial charge in [-0.15, -0.1) is 0 Å². The number of hydrogen-bond donors (Lipinski definition) is 1. The van der Waals surface area contributed by atoms with Crippen LogP contribution in [0.1, 0.15) is 39.2 Å². The molecule has 0 aliphatic rings. The molecule has 0 spiro atoms. The quantitative estimate of drug-likeness (QED) is 0.829. The van der Waals surface area contributed by atoms with E-state index in [9.17, 15) is 9.50 Å². The lowest BCUT2D eigenvalue weighted by Crippen LogP contribution is -2.25. The fourth-order valence-corrected chi connectivity index (χ4v) is 1.58. The highest BCUT2D eigenvalue weighted by molar-refractivity contribution is 5.15. The van der Waals surface area contributed by atoms with Gasteiger partial charge in [-0.3, -0.25) is 0 Å². The first-order valence-electron chi connectivity index (χ1n) is 5.82. The number of rotatable bonds is 4. The summed E-state index contributed by atoms with van der Waals surface area (Å²) >= 11 is 0. The fourth-order valence-electron chi connectivity index (χ4n) is 1.58. The Labute approximate surface area is 97.3 Å². The average molecular weight is 224 g/mol. The maximum atomic E-state index is 12.7. The van der Waals surface area contributed by atoms with Gasteiger partial charge in [0.1, 0.15) is 5.82 Å².